The molecule has 23 nitrogen and oxygen atoms in total. The lowest BCUT2D eigenvalue weighted by atomic mass is 10.0. The summed E-state index contributed by atoms with van der Waals surface area (Å²) in [5, 5.41) is 34.1. The minimum absolute atomic E-state index is 0.0151. The predicted octanol–water partition coefficient (Wildman–Crippen LogP) is -2.95. The Morgan fingerprint density at radius 3 is 1.97 bits per heavy atom. The first-order valence-corrected chi connectivity index (χ1v) is 22.8. The number of hydrogen-bond acceptors (Lipinski definition) is 12. The summed E-state index contributed by atoms with van der Waals surface area (Å²) in [6.45, 7) is 2.77. The first-order chi connectivity index (χ1) is 30.9. The molecule has 0 saturated carbocycles. The second kappa shape index (κ2) is 26.6. The van der Waals surface area contributed by atoms with E-state index in [4.69, 9.17) is 28.7 Å². The molecule has 360 valence electrons. The van der Waals surface area contributed by atoms with Gasteiger partial charge in [0.1, 0.15) is 36.3 Å². The van der Waals surface area contributed by atoms with Crippen molar-refractivity contribution < 1.29 is 43.8 Å². The molecule has 24 heteroatoms. The number of thioether (sulfide) groups is 1. The van der Waals surface area contributed by atoms with Gasteiger partial charge in [0.15, 0.2) is 11.9 Å². The standard InChI is InChI=1S/C41H66N14O9S/c1-22(2)32(54-34(58)27(11-6-15-47-40(43)44)50-33(57)25(42)14-18-65-3)37(61)53-30(21-56)36(60)52-29(19-23-20-49-26-10-5-4-9-24(23)26)35(59)51-28(12-7-16-48-41(45)46)38(62)55-17-8-13-31(55)39(63)64/h4-5,9-10,20,22,25,27-32,49,56H,6-8,11-19,21,42H2,1-3H3,(H,50,57)(H,51,59)(H,52,60)(H,53,61)(H,54,58)(H,63,64)(H4,43,44,47)(H4,45,46,48)/t25-,27-,28-,29-,30-,31-,32-/m0/s1. The third kappa shape index (κ3) is 16.7. The van der Waals surface area contributed by atoms with Crippen LogP contribution in [0.4, 0.5) is 0 Å². The van der Waals surface area contributed by atoms with Crippen molar-refractivity contribution in [3.8, 4) is 0 Å². The molecule has 0 unspecified atom stereocenters. The van der Waals surface area contributed by atoms with Crippen molar-refractivity contribution in [3.63, 3.8) is 0 Å². The summed E-state index contributed by atoms with van der Waals surface area (Å²) < 4.78 is 0. The molecule has 1 aromatic heterocycles. The highest BCUT2D eigenvalue weighted by Crippen LogP contribution is 2.22. The number of likely N-dealkylation sites (tertiary alicyclic amines) is 1. The number of carbonyl (C=O) groups is 7. The Balaban J connectivity index is 1.87. The number of aromatic nitrogens is 1. The number of aliphatic hydroxyl groups excluding tert-OH is 1. The molecule has 18 N–H and O–H groups in total. The predicted molar refractivity (Wildman–Crippen MR) is 247 cm³/mol. The van der Waals surface area contributed by atoms with Gasteiger partial charge in [-0.3, -0.25) is 38.8 Å². The van der Waals surface area contributed by atoms with E-state index in [0.29, 0.717) is 24.2 Å². The van der Waals surface area contributed by atoms with Crippen molar-refractivity contribution in [2.24, 2.45) is 44.6 Å². The van der Waals surface area contributed by atoms with E-state index < -0.39 is 96.2 Å². The fraction of sp³-hybridized carbons (Fsp3) is 0.585. The number of benzene rings is 1. The normalized spacial score (nSPS) is 16.3. The monoisotopic (exact) mass is 930 g/mol. The zero-order chi connectivity index (χ0) is 48.2. The number of rotatable bonds is 27. The molecule has 1 fully saturated rings. The van der Waals surface area contributed by atoms with Gasteiger partial charge < -0.3 is 75.3 Å². The lowest BCUT2D eigenvalue weighted by Gasteiger charge is -2.29. The van der Waals surface area contributed by atoms with Crippen molar-refractivity contribution in [1.29, 1.82) is 0 Å². The van der Waals surface area contributed by atoms with Crippen LogP contribution < -0.4 is 55.3 Å². The van der Waals surface area contributed by atoms with E-state index in [2.05, 4.69) is 41.6 Å². The molecule has 0 aliphatic carbocycles. The number of guanidine groups is 2. The Kier molecular flexibility index (Phi) is 21.8. The van der Waals surface area contributed by atoms with Crippen molar-refractivity contribution in [2.45, 2.75) is 108 Å². The fourth-order valence-corrected chi connectivity index (χ4v) is 7.68. The molecule has 1 saturated heterocycles. The molecule has 7 atom stereocenters. The van der Waals surface area contributed by atoms with E-state index in [9.17, 15) is 43.8 Å². The smallest absolute Gasteiger partial charge is 0.326 e. The first-order valence-electron chi connectivity index (χ1n) is 21.4. The summed E-state index contributed by atoms with van der Waals surface area (Å²) in [6, 6.07) is -1.47. The van der Waals surface area contributed by atoms with Crippen LogP contribution in [0.25, 0.3) is 10.9 Å². The highest BCUT2D eigenvalue weighted by molar-refractivity contribution is 7.98. The number of H-pyrrole nitrogens is 1. The number of carboxylic acid groups (broad SMARTS) is 1. The molecule has 0 spiro atoms. The van der Waals surface area contributed by atoms with E-state index in [1.807, 2.05) is 24.5 Å². The maximum Gasteiger partial charge on any atom is 0.326 e. The van der Waals surface area contributed by atoms with Crippen LogP contribution in [0.2, 0.25) is 0 Å². The second-order valence-electron chi connectivity index (χ2n) is 16.0. The molecule has 3 rings (SSSR count). The molecule has 6 amide bonds. The van der Waals surface area contributed by atoms with Crippen LogP contribution in [0.1, 0.15) is 64.4 Å². The van der Waals surface area contributed by atoms with E-state index >= 15 is 0 Å². The topological polar surface area (TPSA) is 394 Å². The number of nitrogens with zero attached hydrogens (tertiary/aromatic N) is 3. The number of hydrogen-bond donors (Lipinski definition) is 13. The van der Waals surface area contributed by atoms with Crippen LogP contribution in [0.15, 0.2) is 40.4 Å². The number of fused-ring (bicyclic) bond motifs is 1. The molecule has 0 radical (unpaired) electrons. The number of para-hydroxylation sites is 1. The number of aromatic amines is 1. The third-order valence-electron chi connectivity index (χ3n) is 10.7. The zero-order valence-electron chi connectivity index (χ0n) is 37.1. The van der Waals surface area contributed by atoms with Crippen LogP contribution in [-0.2, 0) is 40.0 Å². The number of nitrogens with one attached hydrogen (secondary N) is 6. The Hall–Kier alpha value is -6.14. The quantitative estimate of drug-likeness (QED) is 0.0242. The molecular weight excluding hydrogens is 865 g/mol. The van der Waals surface area contributed by atoms with Gasteiger partial charge in [0, 0.05) is 43.2 Å². The Labute approximate surface area is 381 Å². The van der Waals surface area contributed by atoms with Gasteiger partial charge in [-0.15, -0.1) is 0 Å². The van der Waals surface area contributed by atoms with Crippen molar-refractivity contribution in [3.05, 3.63) is 36.0 Å². The highest BCUT2D eigenvalue weighted by Gasteiger charge is 2.39. The van der Waals surface area contributed by atoms with Crippen LogP contribution >= 0.6 is 11.8 Å². The molecule has 1 aliphatic rings. The van der Waals surface area contributed by atoms with Gasteiger partial charge in [-0.1, -0.05) is 32.0 Å². The maximum absolute atomic E-state index is 14.3. The number of carboxylic acids is 1. The summed E-state index contributed by atoms with van der Waals surface area (Å²) >= 11 is 1.50. The second-order valence-corrected chi connectivity index (χ2v) is 17.0. The largest absolute Gasteiger partial charge is 0.480 e. The molecule has 1 aliphatic heterocycles. The number of aliphatic hydroxyl groups is 1. The van der Waals surface area contributed by atoms with Crippen molar-refractivity contribution in [1.82, 2.24) is 36.5 Å². The minimum atomic E-state index is -1.64. The number of aliphatic imine (C=N–C) groups is 2. The van der Waals surface area contributed by atoms with E-state index in [1.165, 1.54) is 16.7 Å². The molecule has 2 aromatic rings. The Morgan fingerprint density at radius 1 is 0.800 bits per heavy atom. The zero-order valence-corrected chi connectivity index (χ0v) is 37.9. The molecule has 1 aromatic carbocycles. The van der Waals surface area contributed by atoms with Crippen LogP contribution in [0, 0.1) is 5.92 Å². The minimum Gasteiger partial charge on any atom is -0.480 e. The van der Waals surface area contributed by atoms with Gasteiger partial charge in [-0.05, 0) is 74.5 Å². The molecule has 65 heavy (non-hydrogen) atoms. The van der Waals surface area contributed by atoms with Gasteiger partial charge >= 0.3 is 5.97 Å². The molecular formula is C41H66N14O9S. The van der Waals surface area contributed by atoms with Gasteiger partial charge in [-0.25, -0.2) is 4.79 Å². The SMILES string of the molecule is CSCC[C@H](N)C(=O)N[C@@H](CCCN=C(N)N)C(=O)N[C@H](C(=O)N[C@@H](CO)C(=O)N[C@@H](Cc1c[nH]c2ccccc12)C(=O)N[C@@H](CCCN=C(N)N)C(=O)N1CCC[C@H]1C(=O)O)C(C)C. The number of aliphatic carboxylic acids is 1. The van der Waals surface area contributed by atoms with Crippen LogP contribution in [0.5, 0.6) is 0 Å². The first kappa shape index (κ1) is 53.2. The third-order valence-corrected chi connectivity index (χ3v) is 11.4. The van der Waals surface area contributed by atoms with Gasteiger partial charge in [-0.2, -0.15) is 11.8 Å². The average molecular weight is 931 g/mol. The fourth-order valence-electron chi connectivity index (χ4n) is 7.19. The van der Waals surface area contributed by atoms with Crippen LogP contribution in [-0.4, -0.2) is 154 Å². The summed E-state index contributed by atoms with van der Waals surface area (Å²) in [5.74, 6) is -6.05. The molecule has 2 heterocycles. The average Bonchev–Trinajstić information content (AvgIpc) is 3.93. The number of carbonyl (C=O) groups excluding carboxylic acids is 6. The van der Waals surface area contributed by atoms with Crippen molar-refractivity contribution in [2.75, 3.05) is 38.2 Å². The summed E-state index contributed by atoms with van der Waals surface area (Å²) in [4.78, 5) is 107. The van der Waals surface area contributed by atoms with Gasteiger partial charge in [0.2, 0.25) is 35.4 Å². The summed E-state index contributed by atoms with van der Waals surface area (Å²) in [5.41, 5.74) is 29.2. The Morgan fingerprint density at radius 2 is 1.37 bits per heavy atom. The van der Waals surface area contributed by atoms with Crippen molar-refractivity contribution >= 4 is 76.0 Å². The van der Waals surface area contributed by atoms with E-state index in [-0.39, 0.29) is 70.1 Å². The lowest BCUT2D eigenvalue weighted by Crippen LogP contribution is -2.61. The van der Waals surface area contributed by atoms with Crippen LogP contribution in [0.3, 0.4) is 0 Å². The maximum atomic E-state index is 14.3. The Bertz CT molecular complexity index is 2010. The lowest BCUT2D eigenvalue weighted by molar-refractivity contribution is -0.149. The number of amides is 6. The summed E-state index contributed by atoms with van der Waals surface area (Å²) in [6.07, 6.45) is 5.03. The van der Waals surface area contributed by atoms with Gasteiger partial charge in [0.25, 0.3) is 0 Å². The highest BCUT2D eigenvalue weighted by atomic mass is 32.2. The summed E-state index contributed by atoms with van der Waals surface area (Å²) in [7, 11) is 0. The van der Waals surface area contributed by atoms with E-state index in [1.54, 1.807) is 26.1 Å². The van der Waals surface area contributed by atoms with E-state index in [0.717, 1.165) is 10.9 Å². The van der Waals surface area contributed by atoms with Gasteiger partial charge in [0.05, 0.1) is 12.6 Å². The molecule has 0 bridgehead atoms. The number of nitrogens with two attached hydrogens (primary N) is 5.